The largest absolute Gasteiger partial charge is 0.383 e. The highest BCUT2D eigenvalue weighted by atomic mass is 32.2. The predicted octanol–water partition coefficient (Wildman–Crippen LogP) is 0.894. The average molecular weight is 269 g/mol. The Morgan fingerprint density at radius 1 is 1.33 bits per heavy atom. The molecular formula is C11H19N5OS. The zero-order chi connectivity index (χ0) is 13.7. The number of anilines is 2. The third kappa shape index (κ3) is 4.79. The summed E-state index contributed by atoms with van der Waals surface area (Å²) in [5.74, 6) is 0.989. The van der Waals surface area contributed by atoms with Crippen molar-refractivity contribution in [2.24, 2.45) is 5.92 Å². The second-order valence-corrected chi connectivity index (χ2v) is 5.71. The minimum absolute atomic E-state index is 0.0432. The molecule has 0 bridgehead atoms. The number of amides is 1. The van der Waals surface area contributed by atoms with E-state index in [0.29, 0.717) is 29.3 Å². The highest BCUT2D eigenvalue weighted by Gasteiger charge is 2.16. The molecule has 1 atom stereocenters. The van der Waals surface area contributed by atoms with Crippen molar-refractivity contribution >= 4 is 29.3 Å². The fourth-order valence-corrected chi connectivity index (χ4v) is 2.00. The molecule has 0 radical (unpaired) electrons. The van der Waals surface area contributed by atoms with Crippen LogP contribution in [-0.4, -0.2) is 27.7 Å². The van der Waals surface area contributed by atoms with Crippen molar-refractivity contribution in [1.29, 1.82) is 0 Å². The third-order valence-electron chi connectivity index (χ3n) is 2.08. The monoisotopic (exact) mass is 269 g/mol. The lowest BCUT2D eigenvalue weighted by Crippen LogP contribution is -2.33. The number of carbonyl (C=O) groups is 1. The van der Waals surface area contributed by atoms with Gasteiger partial charge in [-0.15, -0.1) is 0 Å². The number of nitrogens with one attached hydrogen (secondary N) is 1. The molecule has 0 saturated heterocycles. The maximum Gasteiger partial charge on any atom is 0.233 e. The molecule has 18 heavy (non-hydrogen) atoms. The SMILES string of the molecule is CC(C)CNC(=O)C(C)Sc1nc(N)cc(N)n1. The second-order valence-electron chi connectivity index (χ2n) is 4.40. The Hall–Kier alpha value is -1.50. The molecule has 7 heteroatoms. The van der Waals surface area contributed by atoms with E-state index in [9.17, 15) is 4.79 Å². The van der Waals surface area contributed by atoms with E-state index >= 15 is 0 Å². The summed E-state index contributed by atoms with van der Waals surface area (Å²) in [4.78, 5) is 19.8. The molecule has 5 N–H and O–H groups in total. The van der Waals surface area contributed by atoms with E-state index < -0.39 is 0 Å². The van der Waals surface area contributed by atoms with Gasteiger partial charge in [-0.1, -0.05) is 25.6 Å². The first kappa shape index (κ1) is 14.6. The molecule has 1 aromatic heterocycles. The number of nitrogens with two attached hydrogens (primary N) is 2. The quantitative estimate of drug-likeness (QED) is 0.541. The van der Waals surface area contributed by atoms with E-state index in [1.165, 1.54) is 17.8 Å². The molecule has 100 valence electrons. The van der Waals surface area contributed by atoms with E-state index in [4.69, 9.17) is 11.5 Å². The zero-order valence-electron chi connectivity index (χ0n) is 10.8. The average Bonchev–Trinajstić information content (AvgIpc) is 2.24. The fourth-order valence-electron chi connectivity index (χ4n) is 1.17. The Bertz CT molecular complexity index is 404. The summed E-state index contributed by atoms with van der Waals surface area (Å²) in [6.07, 6.45) is 0. The van der Waals surface area contributed by atoms with Crippen LogP contribution in [0.3, 0.4) is 0 Å². The Morgan fingerprint density at radius 3 is 2.39 bits per heavy atom. The van der Waals surface area contributed by atoms with Gasteiger partial charge in [-0.05, 0) is 12.8 Å². The van der Waals surface area contributed by atoms with Crippen molar-refractivity contribution in [3.63, 3.8) is 0 Å². The summed E-state index contributed by atoms with van der Waals surface area (Å²) in [5, 5.41) is 2.98. The van der Waals surface area contributed by atoms with E-state index in [2.05, 4.69) is 15.3 Å². The molecule has 6 nitrogen and oxygen atoms in total. The molecule has 1 unspecified atom stereocenters. The minimum Gasteiger partial charge on any atom is -0.383 e. The number of hydrogen-bond donors (Lipinski definition) is 3. The van der Waals surface area contributed by atoms with Crippen LogP contribution in [0.15, 0.2) is 11.2 Å². The lowest BCUT2D eigenvalue weighted by atomic mass is 10.2. The summed E-state index contributed by atoms with van der Waals surface area (Å²) >= 11 is 1.24. The van der Waals surface area contributed by atoms with Gasteiger partial charge in [0.1, 0.15) is 11.6 Å². The molecule has 1 heterocycles. The molecule has 0 aromatic carbocycles. The number of nitrogen functional groups attached to an aromatic ring is 2. The fraction of sp³-hybridized carbons (Fsp3) is 0.545. The molecule has 0 saturated carbocycles. The van der Waals surface area contributed by atoms with Crippen molar-refractivity contribution in [2.75, 3.05) is 18.0 Å². The van der Waals surface area contributed by atoms with Crippen LogP contribution in [0.5, 0.6) is 0 Å². The van der Waals surface area contributed by atoms with Crippen molar-refractivity contribution in [2.45, 2.75) is 31.2 Å². The van der Waals surface area contributed by atoms with Gasteiger partial charge in [0, 0.05) is 12.6 Å². The summed E-state index contributed by atoms with van der Waals surface area (Å²) < 4.78 is 0. The smallest absolute Gasteiger partial charge is 0.233 e. The highest BCUT2D eigenvalue weighted by Crippen LogP contribution is 2.21. The summed E-state index contributed by atoms with van der Waals surface area (Å²) in [7, 11) is 0. The van der Waals surface area contributed by atoms with Crippen molar-refractivity contribution < 1.29 is 4.79 Å². The summed E-state index contributed by atoms with van der Waals surface area (Å²) in [6.45, 7) is 6.53. The first-order valence-corrected chi connectivity index (χ1v) is 6.61. The van der Waals surface area contributed by atoms with Crippen LogP contribution in [-0.2, 0) is 4.79 Å². The van der Waals surface area contributed by atoms with Crippen LogP contribution >= 0.6 is 11.8 Å². The normalized spacial score (nSPS) is 12.4. The molecule has 0 spiro atoms. The predicted molar refractivity (Wildman–Crippen MR) is 74.0 cm³/mol. The number of thioether (sulfide) groups is 1. The Kier molecular flexibility index (Phi) is 5.21. The molecule has 0 aliphatic carbocycles. The van der Waals surface area contributed by atoms with Crippen molar-refractivity contribution in [3.8, 4) is 0 Å². The highest BCUT2D eigenvalue weighted by molar-refractivity contribution is 8.00. The van der Waals surface area contributed by atoms with Crippen LogP contribution in [0, 0.1) is 5.92 Å². The standard InChI is InChI=1S/C11H19N5OS/c1-6(2)5-14-10(17)7(3)18-11-15-8(12)4-9(13)16-11/h4,6-7H,5H2,1-3H3,(H,14,17)(H4,12,13,15,16). The van der Waals surface area contributed by atoms with Gasteiger partial charge in [-0.25, -0.2) is 9.97 Å². The Labute approximate surface area is 111 Å². The van der Waals surface area contributed by atoms with Gasteiger partial charge < -0.3 is 16.8 Å². The second kappa shape index (κ2) is 6.44. The van der Waals surface area contributed by atoms with Gasteiger partial charge in [0.25, 0.3) is 0 Å². The molecule has 0 aliphatic heterocycles. The van der Waals surface area contributed by atoms with Gasteiger partial charge >= 0.3 is 0 Å². The van der Waals surface area contributed by atoms with Gasteiger partial charge in [0.2, 0.25) is 5.91 Å². The zero-order valence-corrected chi connectivity index (χ0v) is 11.6. The van der Waals surface area contributed by atoms with Gasteiger partial charge in [0.05, 0.1) is 5.25 Å². The minimum atomic E-state index is -0.287. The Balaban J connectivity index is 2.58. The Morgan fingerprint density at radius 2 is 1.89 bits per heavy atom. The van der Waals surface area contributed by atoms with Crippen LogP contribution in [0.2, 0.25) is 0 Å². The van der Waals surface area contributed by atoms with Crippen LogP contribution < -0.4 is 16.8 Å². The molecule has 0 aliphatic rings. The lowest BCUT2D eigenvalue weighted by Gasteiger charge is -2.12. The first-order valence-electron chi connectivity index (χ1n) is 5.73. The molecular weight excluding hydrogens is 250 g/mol. The number of hydrogen-bond acceptors (Lipinski definition) is 6. The number of carbonyl (C=O) groups excluding carboxylic acids is 1. The molecule has 1 amide bonds. The van der Waals surface area contributed by atoms with Crippen molar-refractivity contribution in [3.05, 3.63) is 6.07 Å². The maximum atomic E-state index is 11.8. The third-order valence-corrected chi connectivity index (χ3v) is 3.04. The van der Waals surface area contributed by atoms with Crippen LogP contribution in [0.1, 0.15) is 20.8 Å². The van der Waals surface area contributed by atoms with Gasteiger partial charge in [-0.2, -0.15) is 0 Å². The molecule has 0 fully saturated rings. The molecule has 1 aromatic rings. The van der Waals surface area contributed by atoms with E-state index in [0.717, 1.165) is 0 Å². The van der Waals surface area contributed by atoms with E-state index in [1.807, 2.05) is 13.8 Å². The maximum absolute atomic E-state index is 11.8. The molecule has 1 rings (SSSR count). The summed E-state index contributed by atoms with van der Waals surface area (Å²) in [6, 6.07) is 1.48. The number of rotatable bonds is 5. The number of aromatic nitrogens is 2. The first-order chi connectivity index (χ1) is 8.38. The topological polar surface area (TPSA) is 107 Å². The van der Waals surface area contributed by atoms with E-state index in [-0.39, 0.29) is 11.2 Å². The number of nitrogens with zero attached hydrogens (tertiary/aromatic N) is 2. The lowest BCUT2D eigenvalue weighted by molar-refractivity contribution is -0.120. The van der Waals surface area contributed by atoms with Crippen LogP contribution in [0.25, 0.3) is 0 Å². The van der Waals surface area contributed by atoms with Gasteiger partial charge in [-0.3, -0.25) is 4.79 Å². The van der Waals surface area contributed by atoms with Crippen molar-refractivity contribution in [1.82, 2.24) is 15.3 Å². The van der Waals surface area contributed by atoms with E-state index in [1.54, 1.807) is 6.92 Å². The van der Waals surface area contributed by atoms with Crippen LogP contribution in [0.4, 0.5) is 11.6 Å². The van der Waals surface area contributed by atoms with Gasteiger partial charge in [0.15, 0.2) is 5.16 Å². The summed E-state index contributed by atoms with van der Waals surface area (Å²) in [5.41, 5.74) is 11.1.